The lowest BCUT2D eigenvalue weighted by Crippen LogP contribution is -2.29. The molecule has 1 N–H and O–H groups in total. The number of thioether (sulfide) groups is 1. The maximum Gasteiger partial charge on any atom is 0.303 e. The monoisotopic (exact) mass is 521 g/mol. The molecule has 0 spiro atoms. The summed E-state index contributed by atoms with van der Waals surface area (Å²) in [6.07, 6.45) is 2.08. The van der Waals surface area contributed by atoms with Crippen molar-refractivity contribution in [1.29, 1.82) is 0 Å². The van der Waals surface area contributed by atoms with E-state index >= 15 is 0 Å². The van der Waals surface area contributed by atoms with Crippen molar-refractivity contribution in [1.82, 2.24) is 4.90 Å². The van der Waals surface area contributed by atoms with Crippen molar-refractivity contribution in [3.8, 4) is 11.5 Å². The molecule has 1 aliphatic rings. The summed E-state index contributed by atoms with van der Waals surface area (Å²) in [6.45, 7) is 0.678. The molecule has 0 bridgehead atoms. The highest BCUT2D eigenvalue weighted by Gasteiger charge is 2.31. The number of rotatable bonds is 9. The van der Waals surface area contributed by atoms with Crippen LogP contribution in [0.15, 0.2) is 51.8 Å². The van der Waals surface area contributed by atoms with Gasteiger partial charge in [0.1, 0.15) is 10.9 Å². The highest BCUT2D eigenvalue weighted by atomic mass is 79.9. The van der Waals surface area contributed by atoms with Crippen LogP contribution in [0, 0.1) is 0 Å². The predicted molar refractivity (Wildman–Crippen MR) is 128 cm³/mol. The molecule has 31 heavy (non-hydrogen) atoms. The SMILES string of the molecule is COc1cc(/C=C2\SC(=S)N(CCCC(=O)O)C2=O)cc(Br)c1OCc1ccccc1. The van der Waals surface area contributed by atoms with E-state index in [4.69, 9.17) is 26.8 Å². The average Bonchev–Trinajstić information content (AvgIpc) is 3.00. The number of aliphatic carboxylic acids is 1. The molecule has 0 radical (unpaired) electrons. The molecule has 9 heteroatoms. The first-order valence-corrected chi connectivity index (χ1v) is 11.4. The third-order valence-electron chi connectivity index (χ3n) is 4.42. The first kappa shape index (κ1) is 23.3. The Kier molecular flexibility index (Phi) is 8.11. The number of ether oxygens (including phenoxy) is 2. The number of carboxylic acids is 1. The lowest BCUT2D eigenvalue weighted by molar-refractivity contribution is -0.137. The molecule has 162 valence electrons. The summed E-state index contributed by atoms with van der Waals surface area (Å²) in [7, 11) is 1.56. The summed E-state index contributed by atoms with van der Waals surface area (Å²) in [4.78, 5) is 25.3. The van der Waals surface area contributed by atoms with Crippen molar-refractivity contribution in [2.24, 2.45) is 0 Å². The van der Waals surface area contributed by atoms with Gasteiger partial charge in [0, 0.05) is 13.0 Å². The summed E-state index contributed by atoms with van der Waals surface area (Å²) >= 11 is 10.0. The predicted octanol–water partition coefficient (Wildman–Crippen LogP) is 5.10. The second-order valence-corrected chi connectivity index (χ2v) is 9.17. The van der Waals surface area contributed by atoms with Gasteiger partial charge in [-0.1, -0.05) is 54.3 Å². The molecule has 2 aromatic carbocycles. The third-order valence-corrected chi connectivity index (χ3v) is 6.39. The second kappa shape index (κ2) is 10.8. The van der Waals surface area contributed by atoms with Gasteiger partial charge in [-0.05, 0) is 51.7 Å². The molecule has 3 rings (SSSR count). The minimum atomic E-state index is -0.896. The second-order valence-electron chi connectivity index (χ2n) is 6.64. The number of carbonyl (C=O) groups is 2. The van der Waals surface area contributed by atoms with E-state index in [1.807, 2.05) is 36.4 Å². The molecule has 0 unspecified atom stereocenters. The van der Waals surface area contributed by atoms with Crippen LogP contribution in [0.2, 0.25) is 0 Å². The molecule has 2 aromatic rings. The summed E-state index contributed by atoms with van der Waals surface area (Å²) in [5, 5.41) is 8.79. The van der Waals surface area contributed by atoms with Crippen LogP contribution < -0.4 is 9.47 Å². The fourth-order valence-corrected chi connectivity index (χ4v) is 4.81. The maximum absolute atomic E-state index is 12.7. The molecule has 0 atom stereocenters. The van der Waals surface area contributed by atoms with Crippen molar-refractivity contribution in [2.45, 2.75) is 19.4 Å². The van der Waals surface area contributed by atoms with E-state index in [0.29, 0.717) is 38.2 Å². The number of methoxy groups -OCH3 is 1. The highest BCUT2D eigenvalue weighted by molar-refractivity contribution is 9.10. The normalized spacial score (nSPS) is 14.9. The van der Waals surface area contributed by atoms with Crippen LogP contribution >= 0.6 is 39.9 Å². The lowest BCUT2D eigenvalue weighted by Gasteiger charge is -2.14. The summed E-state index contributed by atoms with van der Waals surface area (Å²) in [5.41, 5.74) is 1.79. The van der Waals surface area contributed by atoms with Gasteiger partial charge >= 0.3 is 5.97 Å². The van der Waals surface area contributed by atoms with E-state index in [1.165, 1.54) is 16.7 Å². The highest BCUT2D eigenvalue weighted by Crippen LogP contribution is 2.39. The topological polar surface area (TPSA) is 76.1 Å². The number of halogens is 1. The zero-order valence-electron chi connectivity index (χ0n) is 16.7. The number of benzene rings is 2. The van der Waals surface area contributed by atoms with Gasteiger partial charge in [0.25, 0.3) is 5.91 Å². The fraction of sp³-hybridized carbons (Fsp3) is 0.227. The molecule has 1 fully saturated rings. The van der Waals surface area contributed by atoms with Crippen molar-refractivity contribution >= 4 is 62.2 Å². The molecule has 0 aliphatic carbocycles. The lowest BCUT2D eigenvalue weighted by atomic mass is 10.1. The number of carbonyl (C=O) groups excluding carboxylic acids is 1. The van der Waals surface area contributed by atoms with E-state index in [2.05, 4.69) is 15.9 Å². The smallest absolute Gasteiger partial charge is 0.303 e. The summed E-state index contributed by atoms with van der Waals surface area (Å²) in [6, 6.07) is 13.4. The molecule has 1 amide bonds. The van der Waals surface area contributed by atoms with E-state index < -0.39 is 5.97 Å². The molecule has 0 aromatic heterocycles. The van der Waals surface area contributed by atoms with E-state index in [-0.39, 0.29) is 18.9 Å². The van der Waals surface area contributed by atoms with Gasteiger partial charge in [-0.2, -0.15) is 0 Å². The Hall–Kier alpha value is -2.36. The van der Waals surface area contributed by atoms with E-state index in [1.54, 1.807) is 19.3 Å². The van der Waals surface area contributed by atoms with E-state index in [9.17, 15) is 9.59 Å². The van der Waals surface area contributed by atoms with Crippen LogP contribution in [0.4, 0.5) is 0 Å². The van der Waals surface area contributed by atoms with Crippen LogP contribution in [0.5, 0.6) is 11.5 Å². The van der Waals surface area contributed by atoms with Gasteiger partial charge in [-0.15, -0.1) is 0 Å². The standard InChI is InChI=1S/C22H20BrNO5S2/c1-28-17-11-15(10-16(23)20(17)29-13-14-6-3-2-4-7-14)12-18-21(27)24(22(30)31-18)9-5-8-19(25)26/h2-4,6-7,10-12H,5,8-9,13H2,1H3,(H,25,26)/b18-12-. The van der Waals surface area contributed by atoms with Crippen LogP contribution in [-0.2, 0) is 16.2 Å². The van der Waals surface area contributed by atoms with Gasteiger partial charge in [0.05, 0.1) is 16.5 Å². The van der Waals surface area contributed by atoms with Crippen molar-refractivity contribution in [3.05, 3.63) is 63.0 Å². The Labute approximate surface area is 198 Å². The molecular formula is C22H20BrNO5S2. The average molecular weight is 522 g/mol. The van der Waals surface area contributed by atoms with Gasteiger partial charge < -0.3 is 14.6 Å². The van der Waals surface area contributed by atoms with Crippen molar-refractivity contribution < 1.29 is 24.2 Å². The van der Waals surface area contributed by atoms with Crippen LogP contribution in [0.1, 0.15) is 24.0 Å². The van der Waals surface area contributed by atoms with Gasteiger partial charge in [0.2, 0.25) is 0 Å². The Bertz CT molecular complexity index is 1030. The minimum absolute atomic E-state index is 0.00923. The fourth-order valence-electron chi connectivity index (χ4n) is 2.93. The summed E-state index contributed by atoms with van der Waals surface area (Å²) < 4.78 is 12.6. The van der Waals surface area contributed by atoms with Crippen LogP contribution in [0.25, 0.3) is 6.08 Å². The van der Waals surface area contributed by atoms with Crippen LogP contribution in [-0.4, -0.2) is 39.9 Å². The number of carboxylic acid groups (broad SMARTS) is 1. The van der Waals surface area contributed by atoms with Gasteiger partial charge in [-0.3, -0.25) is 14.5 Å². The minimum Gasteiger partial charge on any atom is -0.493 e. The van der Waals surface area contributed by atoms with Gasteiger partial charge in [0.15, 0.2) is 11.5 Å². The molecule has 0 saturated carbocycles. The zero-order valence-corrected chi connectivity index (χ0v) is 19.9. The number of amides is 1. The Morgan fingerprint density at radius 3 is 2.71 bits per heavy atom. The zero-order chi connectivity index (χ0) is 22.4. The van der Waals surface area contributed by atoms with Gasteiger partial charge in [-0.25, -0.2) is 0 Å². The molecular weight excluding hydrogens is 502 g/mol. The largest absolute Gasteiger partial charge is 0.493 e. The Morgan fingerprint density at radius 1 is 1.29 bits per heavy atom. The molecule has 1 aliphatic heterocycles. The Morgan fingerprint density at radius 2 is 2.03 bits per heavy atom. The van der Waals surface area contributed by atoms with Crippen molar-refractivity contribution in [2.75, 3.05) is 13.7 Å². The van der Waals surface area contributed by atoms with Crippen molar-refractivity contribution in [3.63, 3.8) is 0 Å². The quantitative estimate of drug-likeness (QED) is 0.363. The van der Waals surface area contributed by atoms with E-state index in [0.717, 1.165) is 11.1 Å². The number of hydrogen-bond donors (Lipinski definition) is 1. The molecule has 1 saturated heterocycles. The van der Waals surface area contributed by atoms with Crippen LogP contribution in [0.3, 0.4) is 0 Å². The summed E-state index contributed by atoms with van der Waals surface area (Å²) in [5.74, 6) is -0.00870. The third kappa shape index (κ3) is 6.09. The molecule has 6 nitrogen and oxygen atoms in total. The number of hydrogen-bond acceptors (Lipinski definition) is 6. The number of thiocarbonyl (C=S) groups is 1. The Balaban J connectivity index is 1.76. The first-order valence-electron chi connectivity index (χ1n) is 9.40. The maximum atomic E-state index is 12.7. The molecule has 1 heterocycles. The first-order chi connectivity index (χ1) is 14.9. The number of nitrogens with zero attached hydrogens (tertiary/aromatic N) is 1.